The third-order valence-electron chi connectivity index (χ3n) is 9.78. The second kappa shape index (κ2) is 36.0. The predicted molar refractivity (Wildman–Crippen MR) is 225 cm³/mol. The standard InChI is InChI=1S/C46H79NO8/c1-3-5-7-9-11-13-15-17-18-19-20-21-22-24-25-27-29-31-33-35-40(49)39(38-54-46-45(53)44(52)43(51)41(37-48)55-46)47-42(50)36-34-32-30-28-26-23-16-14-12-10-8-6-4-2/h6,8,12,14,23,25-27,30,32-33,35,39-41,43-46,48-49,51-53H,3-5,7,9-11,13,15-22,24,28-29,31,34,36-38H2,1-2H3,(H,47,50)/b8-6-,14-12-,26-23-,27-25+,32-30-,35-33+. The van der Waals surface area contributed by atoms with E-state index < -0.39 is 49.5 Å². The highest BCUT2D eigenvalue weighted by Crippen LogP contribution is 2.22. The lowest BCUT2D eigenvalue weighted by molar-refractivity contribution is -0.302. The highest BCUT2D eigenvalue weighted by molar-refractivity contribution is 5.76. The van der Waals surface area contributed by atoms with Crippen LogP contribution in [-0.2, 0) is 14.3 Å². The minimum Gasteiger partial charge on any atom is -0.394 e. The molecule has 1 aliphatic rings. The van der Waals surface area contributed by atoms with Crippen LogP contribution in [0.5, 0.6) is 0 Å². The molecule has 0 radical (unpaired) electrons. The van der Waals surface area contributed by atoms with Gasteiger partial charge in [-0.15, -0.1) is 0 Å². The molecule has 1 fully saturated rings. The number of rotatable bonds is 34. The molecule has 55 heavy (non-hydrogen) atoms. The van der Waals surface area contributed by atoms with E-state index in [-0.39, 0.29) is 18.9 Å². The van der Waals surface area contributed by atoms with Crippen LogP contribution in [0.15, 0.2) is 72.9 Å². The Morgan fingerprint density at radius 3 is 1.73 bits per heavy atom. The molecule has 1 amide bonds. The summed E-state index contributed by atoms with van der Waals surface area (Å²) in [6.45, 7) is 3.57. The molecule has 1 aliphatic heterocycles. The summed E-state index contributed by atoms with van der Waals surface area (Å²) >= 11 is 0. The SMILES string of the molecule is CC/C=C\C/C=C\C/C=C\C/C=C\CCC(=O)NC(COC1OC(CO)C(O)C(O)C1O)C(O)/C=C/CC/C=C/CCCCCCCCCCCCCCC. The van der Waals surface area contributed by atoms with Crippen LogP contribution in [-0.4, -0.2) is 87.5 Å². The van der Waals surface area contributed by atoms with Gasteiger partial charge in [-0.25, -0.2) is 0 Å². The van der Waals surface area contributed by atoms with E-state index in [1.807, 2.05) is 18.2 Å². The summed E-state index contributed by atoms with van der Waals surface area (Å²) in [6.07, 6.45) is 41.1. The van der Waals surface area contributed by atoms with Gasteiger partial charge in [-0.2, -0.15) is 0 Å². The van der Waals surface area contributed by atoms with Crippen molar-refractivity contribution in [1.29, 1.82) is 0 Å². The average molecular weight is 774 g/mol. The molecule has 0 saturated carbocycles. The molecule has 0 spiro atoms. The third-order valence-corrected chi connectivity index (χ3v) is 9.78. The van der Waals surface area contributed by atoms with Gasteiger partial charge >= 0.3 is 0 Å². The zero-order valence-corrected chi connectivity index (χ0v) is 34.4. The Hall–Kier alpha value is -2.37. The number of aliphatic hydroxyl groups excluding tert-OH is 5. The highest BCUT2D eigenvalue weighted by atomic mass is 16.7. The number of ether oxygens (including phenoxy) is 2. The minimum absolute atomic E-state index is 0.214. The first-order valence-corrected chi connectivity index (χ1v) is 21.7. The molecule has 1 rings (SSSR count). The van der Waals surface area contributed by atoms with Gasteiger partial charge in [0.1, 0.15) is 24.4 Å². The fourth-order valence-corrected chi connectivity index (χ4v) is 6.30. The van der Waals surface area contributed by atoms with Gasteiger partial charge in [-0.05, 0) is 57.8 Å². The van der Waals surface area contributed by atoms with Gasteiger partial charge in [0.15, 0.2) is 6.29 Å². The fraction of sp³-hybridized carbons (Fsp3) is 0.717. The molecular formula is C46H79NO8. The molecule has 1 heterocycles. The molecular weight excluding hydrogens is 695 g/mol. The Kier molecular flexibility index (Phi) is 33.2. The van der Waals surface area contributed by atoms with Gasteiger partial charge in [0.2, 0.25) is 5.91 Å². The van der Waals surface area contributed by atoms with Gasteiger partial charge in [0.25, 0.3) is 0 Å². The third kappa shape index (κ3) is 27.0. The molecule has 0 aliphatic carbocycles. The Bertz CT molecular complexity index is 1080. The first kappa shape index (κ1) is 50.6. The van der Waals surface area contributed by atoms with Crippen molar-refractivity contribution >= 4 is 5.91 Å². The Balaban J connectivity index is 2.46. The second-order valence-corrected chi connectivity index (χ2v) is 14.7. The van der Waals surface area contributed by atoms with E-state index in [4.69, 9.17) is 9.47 Å². The average Bonchev–Trinajstić information content (AvgIpc) is 3.18. The number of carbonyl (C=O) groups excluding carboxylic acids is 1. The number of hydrogen-bond acceptors (Lipinski definition) is 8. The quantitative estimate of drug-likeness (QED) is 0.0281. The van der Waals surface area contributed by atoms with Crippen LogP contribution >= 0.6 is 0 Å². The lowest BCUT2D eigenvalue weighted by atomic mass is 9.99. The van der Waals surface area contributed by atoms with Crippen LogP contribution in [0, 0.1) is 0 Å². The Labute approximate surface area is 334 Å². The van der Waals surface area contributed by atoms with E-state index in [2.05, 4.69) is 67.8 Å². The number of allylic oxidation sites excluding steroid dienone is 11. The molecule has 1 saturated heterocycles. The van der Waals surface area contributed by atoms with Crippen LogP contribution in [0.25, 0.3) is 0 Å². The van der Waals surface area contributed by atoms with Crippen molar-refractivity contribution in [3.63, 3.8) is 0 Å². The van der Waals surface area contributed by atoms with Crippen LogP contribution in [0.2, 0.25) is 0 Å². The summed E-state index contributed by atoms with van der Waals surface area (Å²) < 4.78 is 11.1. The van der Waals surface area contributed by atoms with E-state index in [1.165, 1.54) is 83.5 Å². The highest BCUT2D eigenvalue weighted by Gasteiger charge is 2.44. The van der Waals surface area contributed by atoms with Crippen LogP contribution in [0.3, 0.4) is 0 Å². The summed E-state index contributed by atoms with van der Waals surface area (Å²) in [4.78, 5) is 12.9. The number of amides is 1. The molecule has 6 N–H and O–H groups in total. The zero-order chi connectivity index (χ0) is 40.2. The smallest absolute Gasteiger partial charge is 0.220 e. The monoisotopic (exact) mass is 774 g/mol. The summed E-state index contributed by atoms with van der Waals surface area (Å²) in [7, 11) is 0. The maximum absolute atomic E-state index is 12.9. The first-order chi connectivity index (χ1) is 26.8. The number of hydrogen-bond donors (Lipinski definition) is 6. The van der Waals surface area contributed by atoms with Crippen LogP contribution in [0.4, 0.5) is 0 Å². The largest absolute Gasteiger partial charge is 0.394 e. The lowest BCUT2D eigenvalue weighted by Gasteiger charge is -2.40. The van der Waals surface area contributed by atoms with Crippen molar-refractivity contribution in [3.8, 4) is 0 Å². The normalized spacial score (nSPS) is 22.1. The molecule has 316 valence electrons. The van der Waals surface area contributed by atoms with E-state index in [0.29, 0.717) is 6.42 Å². The molecule has 7 unspecified atom stereocenters. The molecule has 9 nitrogen and oxygen atoms in total. The fourth-order valence-electron chi connectivity index (χ4n) is 6.30. The van der Waals surface area contributed by atoms with Gasteiger partial charge in [-0.1, -0.05) is 164 Å². The van der Waals surface area contributed by atoms with Crippen molar-refractivity contribution in [2.45, 2.75) is 198 Å². The van der Waals surface area contributed by atoms with Gasteiger partial charge in [0.05, 0.1) is 25.4 Å². The second-order valence-electron chi connectivity index (χ2n) is 14.7. The van der Waals surface area contributed by atoms with Crippen molar-refractivity contribution in [2.24, 2.45) is 0 Å². The van der Waals surface area contributed by atoms with Crippen molar-refractivity contribution in [1.82, 2.24) is 5.32 Å². The van der Waals surface area contributed by atoms with E-state index in [9.17, 15) is 30.3 Å². The zero-order valence-electron chi connectivity index (χ0n) is 34.4. The number of nitrogens with one attached hydrogen (secondary N) is 1. The summed E-state index contributed by atoms with van der Waals surface area (Å²) in [6, 6.07) is -0.861. The molecule has 9 heteroatoms. The maximum Gasteiger partial charge on any atom is 0.220 e. The summed E-state index contributed by atoms with van der Waals surface area (Å²) in [5.41, 5.74) is 0. The molecule has 0 aromatic carbocycles. The number of carbonyl (C=O) groups is 1. The topological polar surface area (TPSA) is 149 Å². The first-order valence-electron chi connectivity index (χ1n) is 21.7. The van der Waals surface area contributed by atoms with Crippen molar-refractivity contribution in [2.75, 3.05) is 13.2 Å². The van der Waals surface area contributed by atoms with Crippen LogP contribution in [0.1, 0.15) is 155 Å². The summed E-state index contributed by atoms with van der Waals surface area (Å²) in [5, 5.41) is 54.0. The molecule has 0 aromatic heterocycles. The summed E-state index contributed by atoms with van der Waals surface area (Å²) in [5.74, 6) is -0.270. The minimum atomic E-state index is -1.59. The van der Waals surface area contributed by atoms with E-state index in [0.717, 1.165) is 44.9 Å². The van der Waals surface area contributed by atoms with E-state index >= 15 is 0 Å². The van der Waals surface area contributed by atoms with Gasteiger partial charge < -0.3 is 40.3 Å². The predicted octanol–water partition coefficient (Wildman–Crippen LogP) is 8.61. The van der Waals surface area contributed by atoms with Gasteiger partial charge in [0, 0.05) is 6.42 Å². The van der Waals surface area contributed by atoms with Crippen molar-refractivity contribution < 1.29 is 39.8 Å². The number of unbranched alkanes of at least 4 members (excludes halogenated alkanes) is 14. The van der Waals surface area contributed by atoms with Crippen LogP contribution < -0.4 is 5.32 Å². The number of aliphatic hydroxyl groups is 5. The van der Waals surface area contributed by atoms with Gasteiger partial charge in [-0.3, -0.25) is 4.79 Å². The lowest BCUT2D eigenvalue weighted by Crippen LogP contribution is -2.60. The Morgan fingerprint density at radius 2 is 1.15 bits per heavy atom. The molecule has 7 atom stereocenters. The maximum atomic E-state index is 12.9. The van der Waals surface area contributed by atoms with Crippen molar-refractivity contribution in [3.05, 3.63) is 72.9 Å². The Morgan fingerprint density at radius 1 is 0.636 bits per heavy atom. The molecule has 0 bridgehead atoms. The van der Waals surface area contributed by atoms with E-state index in [1.54, 1.807) is 6.08 Å². The molecule has 0 aromatic rings.